The Labute approximate surface area is 117 Å². The first-order valence-electron chi connectivity index (χ1n) is 6.52. The van der Waals surface area contributed by atoms with Crippen molar-refractivity contribution in [3.05, 3.63) is 0 Å². The molecule has 106 valence electrons. The quantitative estimate of drug-likeness (QED) is 0.675. The van der Waals surface area contributed by atoms with Crippen LogP contribution >= 0.6 is 11.8 Å². The van der Waals surface area contributed by atoms with E-state index in [1.54, 1.807) is 11.9 Å². The number of piperidine rings is 1. The van der Waals surface area contributed by atoms with Crippen LogP contribution in [0.1, 0.15) is 12.8 Å². The fraction of sp³-hybridized carbons (Fsp3) is 0.750. The fourth-order valence-electron chi connectivity index (χ4n) is 2.27. The van der Waals surface area contributed by atoms with Crippen molar-refractivity contribution in [2.75, 3.05) is 39.5 Å². The van der Waals surface area contributed by atoms with E-state index in [1.165, 1.54) is 11.8 Å². The lowest BCUT2D eigenvalue weighted by Gasteiger charge is -2.34. The summed E-state index contributed by atoms with van der Waals surface area (Å²) in [5.74, 6) is -0.173. The van der Waals surface area contributed by atoms with E-state index in [-0.39, 0.29) is 6.04 Å². The lowest BCUT2D eigenvalue weighted by Crippen LogP contribution is -2.49. The standard InChI is InChI=1S/C12H20N4O2S/c1-15-6-3-9(4-7-15)16(2)11(18)10(17)14-12-13-5-8-19-12/h9H,3-8H2,1-2H3,(H,13,14,17). The summed E-state index contributed by atoms with van der Waals surface area (Å²) in [7, 11) is 3.78. The SMILES string of the molecule is CN1CCC(N(C)C(=O)C(=O)NC2=NCCS2)CC1. The first-order chi connectivity index (χ1) is 9.08. The maximum absolute atomic E-state index is 12.0. The summed E-state index contributed by atoms with van der Waals surface area (Å²) in [5, 5.41) is 3.14. The molecule has 0 atom stereocenters. The summed E-state index contributed by atoms with van der Waals surface area (Å²) in [6.07, 6.45) is 1.84. The Morgan fingerprint density at radius 1 is 1.42 bits per heavy atom. The number of amides is 2. The Morgan fingerprint density at radius 3 is 2.68 bits per heavy atom. The molecule has 7 heteroatoms. The number of rotatable bonds is 1. The molecule has 0 aromatic carbocycles. The third-order valence-corrected chi connectivity index (χ3v) is 4.45. The van der Waals surface area contributed by atoms with Gasteiger partial charge in [0, 0.05) is 18.8 Å². The second-order valence-electron chi connectivity index (χ2n) is 4.94. The van der Waals surface area contributed by atoms with Crippen molar-refractivity contribution in [3.8, 4) is 0 Å². The molecule has 0 aromatic heterocycles. The summed E-state index contributed by atoms with van der Waals surface area (Å²) in [4.78, 5) is 31.8. The van der Waals surface area contributed by atoms with Gasteiger partial charge in [-0.05, 0) is 33.0 Å². The molecule has 1 N–H and O–H groups in total. The zero-order valence-corrected chi connectivity index (χ0v) is 12.2. The number of hydrogen-bond acceptors (Lipinski definition) is 5. The minimum Gasteiger partial charge on any atom is -0.334 e. The molecule has 2 heterocycles. The van der Waals surface area contributed by atoms with Gasteiger partial charge in [-0.15, -0.1) is 0 Å². The predicted octanol–water partition coefficient (Wildman–Crippen LogP) is -0.242. The van der Waals surface area contributed by atoms with Crippen LogP contribution < -0.4 is 5.32 Å². The van der Waals surface area contributed by atoms with Gasteiger partial charge in [-0.25, -0.2) is 0 Å². The number of nitrogens with one attached hydrogen (secondary N) is 1. The van der Waals surface area contributed by atoms with Gasteiger partial charge in [0.1, 0.15) is 0 Å². The summed E-state index contributed by atoms with van der Waals surface area (Å²) < 4.78 is 0. The number of amidine groups is 1. The molecule has 0 aliphatic carbocycles. The van der Waals surface area contributed by atoms with Gasteiger partial charge in [-0.2, -0.15) is 0 Å². The molecule has 2 aliphatic rings. The number of carbonyl (C=O) groups is 2. The van der Waals surface area contributed by atoms with Gasteiger partial charge in [0.05, 0.1) is 6.54 Å². The highest BCUT2D eigenvalue weighted by Crippen LogP contribution is 2.14. The number of nitrogens with zero attached hydrogens (tertiary/aromatic N) is 3. The van der Waals surface area contributed by atoms with Crippen LogP contribution in [-0.2, 0) is 9.59 Å². The molecule has 1 saturated heterocycles. The molecule has 0 radical (unpaired) electrons. The van der Waals surface area contributed by atoms with E-state index in [0.717, 1.165) is 31.7 Å². The van der Waals surface area contributed by atoms with Crippen molar-refractivity contribution in [3.63, 3.8) is 0 Å². The van der Waals surface area contributed by atoms with E-state index in [2.05, 4.69) is 22.3 Å². The smallest absolute Gasteiger partial charge is 0.315 e. The number of carbonyl (C=O) groups excluding carboxylic acids is 2. The molecule has 6 nitrogen and oxygen atoms in total. The molecule has 0 bridgehead atoms. The number of aliphatic imine (C=N–C) groups is 1. The summed E-state index contributed by atoms with van der Waals surface area (Å²) >= 11 is 1.48. The van der Waals surface area contributed by atoms with Crippen LogP contribution in [-0.4, -0.2) is 72.3 Å². The van der Waals surface area contributed by atoms with E-state index in [4.69, 9.17) is 0 Å². The van der Waals surface area contributed by atoms with Crippen molar-refractivity contribution in [1.82, 2.24) is 15.1 Å². The van der Waals surface area contributed by atoms with Gasteiger partial charge in [0.25, 0.3) is 0 Å². The molecular weight excluding hydrogens is 264 g/mol. The van der Waals surface area contributed by atoms with Crippen molar-refractivity contribution in [2.24, 2.45) is 4.99 Å². The Balaban J connectivity index is 1.85. The molecule has 0 saturated carbocycles. The maximum atomic E-state index is 12.0. The zero-order valence-electron chi connectivity index (χ0n) is 11.4. The minimum absolute atomic E-state index is 0.160. The van der Waals surface area contributed by atoms with Gasteiger partial charge < -0.3 is 9.80 Å². The van der Waals surface area contributed by atoms with Crippen LogP contribution in [0.25, 0.3) is 0 Å². The minimum atomic E-state index is -0.574. The third-order valence-electron chi connectivity index (χ3n) is 3.56. The van der Waals surface area contributed by atoms with E-state index < -0.39 is 11.8 Å². The molecule has 0 unspecified atom stereocenters. The summed E-state index contributed by atoms with van der Waals surface area (Å²) in [6.45, 7) is 2.64. The summed E-state index contributed by atoms with van der Waals surface area (Å²) in [6, 6.07) is 0.160. The van der Waals surface area contributed by atoms with Crippen LogP contribution in [0.2, 0.25) is 0 Å². The Bertz CT molecular complexity index is 391. The lowest BCUT2D eigenvalue weighted by molar-refractivity contribution is -0.146. The molecule has 0 spiro atoms. The van der Waals surface area contributed by atoms with E-state index in [0.29, 0.717) is 11.7 Å². The van der Waals surface area contributed by atoms with Crippen LogP contribution in [0.5, 0.6) is 0 Å². The average molecular weight is 284 g/mol. The third kappa shape index (κ3) is 3.70. The normalized spacial score (nSPS) is 21.1. The maximum Gasteiger partial charge on any atom is 0.315 e. The molecule has 19 heavy (non-hydrogen) atoms. The van der Waals surface area contributed by atoms with Gasteiger partial charge in [0.15, 0.2) is 5.17 Å². The second-order valence-corrected chi connectivity index (χ2v) is 6.02. The second kappa shape index (κ2) is 6.38. The zero-order chi connectivity index (χ0) is 13.8. The topological polar surface area (TPSA) is 65.0 Å². The van der Waals surface area contributed by atoms with Gasteiger partial charge in [0.2, 0.25) is 0 Å². The predicted molar refractivity (Wildman–Crippen MR) is 76.2 cm³/mol. The Hall–Kier alpha value is -1.08. The monoisotopic (exact) mass is 284 g/mol. The largest absolute Gasteiger partial charge is 0.334 e. The van der Waals surface area contributed by atoms with E-state index in [1.807, 2.05) is 0 Å². The van der Waals surface area contributed by atoms with Gasteiger partial charge >= 0.3 is 11.8 Å². The molecule has 1 fully saturated rings. The van der Waals surface area contributed by atoms with Crippen LogP contribution in [0, 0.1) is 0 Å². The van der Waals surface area contributed by atoms with Crippen LogP contribution in [0.15, 0.2) is 4.99 Å². The molecule has 2 aliphatic heterocycles. The first-order valence-corrected chi connectivity index (χ1v) is 7.50. The first kappa shape index (κ1) is 14.3. The summed E-state index contributed by atoms with van der Waals surface area (Å²) in [5.41, 5.74) is 0. The number of hydrogen-bond donors (Lipinski definition) is 1. The van der Waals surface area contributed by atoms with Crippen molar-refractivity contribution in [2.45, 2.75) is 18.9 Å². The highest BCUT2D eigenvalue weighted by Gasteiger charge is 2.28. The number of likely N-dealkylation sites (N-methyl/N-ethyl adjacent to an activating group) is 1. The van der Waals surface area contributed by atoms with Crippen LogP contribution in [0.4, 0.5) is 0 Å². The van der Waals surface area contributed by atoms with Crippen LogP contribution in [0.3, 0.4) is 0 Å². The highest BCUT2D eigenvalue weighted by atomic mass is 32.2. The van der Waals surface area contributed by atoms with E-state index in [9.17, 15) is 9.59 Å². The Kier molecular flexibility index (Phi) is 4.81. The van der Waals surface area contributed by atoms with Crippen molar-refractivity contribution < 1.29 is 9.59 Å². The molecular formula is C12H20N4O2S. The Morgan fingerprint density at radius 2 is 2.11 bits per heavy atom. The number of thioether (sulfide) groups is 1. The van der Waals surface area contributed by atoms with E-state index >= 15 is 0 Å². The van der Waals surface area contributed by atoms with Crippen molar-refractivity contribution >= 4 is 28.7 Å². The highest BCUT2D eigenvalue weighted by molar-refractivity contribution is 8.14. The molecule has 2 rings (SSSR count). The van der Waals surface area contributed by atoms with Crippen molar-refractivity contribution in [1.29, 1.82) is 0 Å². The number of likely N-dealkylation sites (tertiary alicyclic amines) is 1. The molecule has 2 amide bonds. The average Bonchev–Trinajstić information content (AvgIpc) is 2.90. The fourth-order valence-corrected chi connectivity index (χ4v) is 2.99. The lowest BCUT2D eigenvalue weighted by atomic mass is 10.0. The molecule has 0 aromatic rings. The van der Waals surface area contributed by atoms with Gasteiger partial charge in [-0.1, -0.05) is 11.8 Å². The van der Waals surface area contributed by atoms with Gasteiger partial charge in [-0.3, -0.25) is 19.9 Å².